The van der Waals surface area contributed by atoms with Gasteiger partial charge in [-0.15, -0.1) is 0 Å². The van der Waals surface area contributed by atoms with Crippen molar-refractivity contribution in [3.63, 3.8) is 0 Å². The maximum atomic E-state index is 12.8. The van der Waals surface area contributed by atoms with Crippen LogP contribution in [0.5, 0.6) is 0 Å². The van der Waals surface area contributed by atoms with Crippen molar-refractivity contribution in [1.82, 2.24) is 18.7 Å². The lowest BCUT2D eigenvalue weighted by molar-refractivity contribution is 0.482. The average Bonchev–Trinajstić information content (AvgIpc) is 3.05. The highest BCUT2D eigenvalue weighted by atomic mass is 32.2. The number of hydrogen-bond donors (Lipinski definition) is 0. The Kier molecular flexibility index (Phi) is 6.23. The summed E-state index contributed by atoms with van der Waals surface area (Å²) < 4.78 is 5.50. The highest BCUT2D eigenvalue weighted by Gasteiger charge is 2.12. The minimum absolute atomic E-state index is 0.153. The molecule has 0 amide bonds. The summed E-state index contributed by atoms with van der Waals surface area (Å²) in [6.45, 7) is 3.93. The van der Waals surface area contributed by atoms with Gasteiger partial charge in [0, 0.05) is 37.1 Å². The van der Waals surface area contributed by atoms with Gasteiger partial charge in [-0.3, -0.25) is 13.9 Å². The average molecular weight is 413 g/mol. The fraction of sp³-hybridized carbons (Fsp3) is 0.500. The normalized spacial score (nSPS) is 16.6. The molecule has 0 aliphatic carbocycles. The molecule has 2 bridgehead atoms. The molecule has 1 aliphatic rings. The van der Waals surface area contributed by atoms with Crippen molar-refractivity contribution in [3.8, 4) is 0 Å². The zero-order valence-corrected chi connectivity index (χ0v) is 17.8. The summed E-state index contributed by atoms with van der Waals surface area (Å²) in [7, 11) is 0. The molecule has 0 N–H and O–H groups in total. The van der Waals surface area contributed by atoms with E-state index >= 15 is 0 Å². The third kappa shape index (κ3) is 4.34. The summed E-state index contributed by atoms with van der Waals surface area (Å²) in [4.78, 5) is 30.0. The van der Waals surface area contributed by atoms with Gasteiger partial charge < -0.3 is 4.57 Å². The van der Waals surface area contributed by atoms with Gasteiger partial charge in [0.2, 0.25) is 0 Å². The largest absolute Gasteiger partial charge is 0.331 e. The number of hydrogen-bond acceptors (Lipinski definition) is 4. The zero-order valence-electron chi connectivity index (χ0n) is 17.0. The van der Waals surface area contributed by atoms with Crippen LogP contribution in [0.2, 0.25) is 0 Å². The van der Waals surface area contributed by atoms with Crippen molar-refractivity contribution in [2.75, 3.05) is 5.75 Å². The molecule has 0 unspecified atom stereocenters. The van der Waals surface area contributed by atoms with E-state index in [0.29, 0.717) is 13.1 Å². The lowest BCUT2D eigenvalue weighted by atomic mass is 10.2. The standard InChI is InChI=1S/C22H28N4O2S/c1-17-16-20(27)26-14-7-2-6-13-25-19-11-5-4-10-18(19)23-21(25)29-15-9-3-8-12-24(17)22(26)28/h4-5,10-11,16H,2-3,6-9,12-15H2,1H3. The maximum Gasteiger partial charge on any atom is 0.331 e. The number of para-hydroxylation sites is 2. The van der Waals surface area contributed by atoms with Gasteiger partial charge in [-0.2, -0.15) is 0 Å². The number of rotatable bonds is 0. The Bertz CT molecular complexity index is 1110. The monoisotopic (exact) mass is 412 g/mol. The summed E-state index contributed by atoms with van der Waals surface area (Å²) >= 11 is 1.84. The van der Waals surface area contributed by atoms with Gasteiger partial charge in [0.15, 0.2) is 5.16 Å². The predicted molar refractivity (Wildman–Crippen MR) is 118 cm³/mol. The van der Waals surface area contributed by atoms with E-state index in [1.807, 2.05) is 24.8 Å². The van der Waals surface area contributed by atoms with Crippen LogP contribution in [-0.2, 0) is 19.6 Å². The zero-order chi connectivity index (χ0) is 20.2. The molecule has 0 radical (unpaired) electrons. The van der Waals surface area contributed by atoms with E-state index < -0.39 is 0 Å². The molecule has 4 rings (SSSR count). The molecule has 3 aromatic rings. The van der Waals surface area contributed by atoms with Gasteiger partial charge in [0.05, 0.1) is 11.0 Å². The van der Waals surface area contributed by atoms with E-state index in [1.54, 1.807) is 10.6 Å². The second kappa shape index (κ2) is 9.03. The van der Waals surface area contributed by atoms with Crippen LogP contribution in [0.4, 0.5) is 0 Å². The fourth-order valence-corrected chi connectivity index (χ4v) is 5.05. The van der Waals surface area contributed by atoms with Crippen LogP contribution in [0.3, 0.4) is 0 Å². The second-order valence-electron chi connectivity index (χ2n) is 7.71. The SMILES string of the molecule is Cc1cc(=O)n2c(=O)n1CCCCCSc1nc3ccccc3n1CCCCC2. The molecule has 1 aliphatic heterocycles. The molecule has 6 nitrogen and oxygen atoms in total. The Morgan fingerprint density at radius 3 is 2.38 bits per heavy atom. The molecular weight excluding hydrogens is 384 g/mol. The Morgan fingerprint density at radius 2 is 1.55 bits per heavy atom. The summed E-state index contributed by atoms with van der Waals surface area (Å²) in [5.41, 5.74) is 2.68. The quantitative estimate of drug-likeness (QED) is 0.563. The molecule has 1 aromatic carbocycles. The molecule has 2 aromatic heterocycles. The van der Waals surface area contributed by atoms with Crippen molar-refractivity contribution >= 4 is 22.8 Å². The first-order valence-electron chi connectivity index (χ1n) is 10.5. The fourth-order valence-electron chi connectivity index (χ4n) is 4.01. The number of aryl methyl sites for hydroxylation is 2. The Balaban J connectivity index is 1.57. The number of benzene rings is 1. The van der Waals surface area contributed by atoms with Crippen LogP contribution in [0.15, 0.2) is 45.1 Å². The van der Waals surface area contributed by atoms with Crippen LogP contribution >= 0.6 is 11.8 Å². The molecule has 0 spiro atoms. The van der Waals surface area contributed by atoms with Gasteiger partial charge in [0.25, 0.3) is 5.56 Å². The van der Waals surface area contributed by atoms with Crippen LogP contribution in [0.1, 0.15) is 44.2 Å². The number of fused-ring (bicyclic) bond motifs is 5. The third-order valence-corrected chi connectivity index (χ3v) is 6.69. The summed E-state index contributed by atoms with van der Waals surface area (Å²) in [6.07, 6.45) is 5.88. The van der Waals surface area contributed by atoms with Crippen LogP contribution in [-0.4, -0.2) is 24.4 Å². The topological polar surface area (TPSA) is 61.8 Å². The molecule has 154 valence electrons. The van der Waals surface area contributed by atoms with E-state index in [0.717, 1.165) is 67.2 Å². The van der Waals surface area contributed by atoms with Crippen LogP contribution in [0, 0.1) is 6.92 Å². The summed E-state index contributed by atoms with van der Waals surface area (Å²) in [5.74, 6) is 1.02. The van der Waals surface area contributed by atoms with E-state index in [9.17, 15) is 9.59 Å². The lowest BCUT2D eigenvalue weighted by Crippen LogP contribution is -2.40. The Morgan fingerprint density at radius 1 is 0.862 bits per heavy atom. The number of imidazole rings is 1. The highest BCUT2D eigenvalue weighted by molar-refractivity contribution is 7.99. The van der Waals surface area contributed by atoms with Crippen molar-refractivity contribution in [1.29, 1.82) is 0 Å². The maximum absolute atomic E-state index is 12.8. The summed E-state index contributed by atoms with van der Waals surface area (Å²) in [6, 6.07) is 9.92. The number of nitrogens with zero attached hydrogens (tertiary/aromatic N) is 4. The molecular formula is C22H28N4O2S. The van der Waals surface area contributed by atoms with Gasteiger partial charge in [-0.25, -0.2) is 9.78 Å². The Labute approximate surface area is 174 Å². The van der Waals surface area contributed by atoms with Crippen molar-refractivity contribution < 1.29 is 0 Å². The second-order valence-corrected chi connectivity index (χ2v) is 8.78. The third-order valence-electron chi connectivity index (χ3n) is 5.63. The van der Waals surface area contributed by atoms with Gasteiger partial charge in [-0.1, -0.05) is 30.3 Å². The molecule has 0 saturated heterocycles. The van der Waals surface area contributed by atoms with E-state index in [4.69, 9.17) is 4.98 Å². The predicted octanol–water partition coefficient (Wildman–Crippen LogP) is 3.81. The first-order chi connectivity index (χ1) is 14.1. The van der Waals surface area contributed by atoms with Crippen LogP contribution < -0.4 is 11.2 Å². The summed E-state index contributed by atoms with van der Waals surface area (Å²) in [5, 5.41) is 1.10. The van der Waals surface area contributed by atoms with Gasteiger partial charge in [-0.05, 0) is 51.2 Å². The van der Waals surface area contributed by atoms with E-state index in [-0.39, 0.29) is 11.2 Å². The Hall–Kier alpha value is -2.28. The molecule has 0 fully saturated rings. The smallest absolute Gasteiger partial charge is 0.319 e. The highest BCUT2D eigenvalue weighted by Crippen LogP contribution is 2.25. The van der Waals surface area contributed by atoms with Gasteiger partial charge in [0.1, 0.15) is 0 Å². The molecule has 0 saturated carbocycles. The van der Waals surface area contributed by atoms with Crippen molar-refractivity contribution in [3.05, 3.63) is 56.9 Å². The lowest BCUT2D eigenvalue weighted by Gasteiger charge is -2.14. The first-order valence-corrected chi connectivity index (χ1v) is 11.5. The van der Waals surface area contributed by atoms with Crippen LogP contribution in [0.25, 0.3) is 11.0 Å². The van der Waals surface area contributed by atoms with Crippen molar-refractivity contribution in [2.24, 2.45) is 0 Å². The molecule has 7 heteroatoms. The molecule has 3 heterocycles. The van der Waals surface area contributed by atoms with E-state index in [2.05, 4.69) is 22.8 Å². The van der Waals surface area contributed by atoms with Gasteiger partial charge >= 0.3 is 5.69 Å². The first kappa shape index (κ1) is 20.0. The minimum Gasteiger partial charge on any atom is -0.319 e. The minimum atomic E-state index is -0.177. The number of thioether (sulfide) groups is 1. The number of aromatic nitrogens is 4. The molecule has 0 atom stereocenters. The molecule has 29 heavy (non-hydrogen) atoms. The van der Waals surface area contributed by atoms with Crippen molar-refractivity contribution in [2.45, 2.75) is 70.2 Å². The van der Waals surface area contributed by atoms with E-state index in [1.165, 1.54) is 10.1 Å².